The van der Waals surface area contributed by atoms with Gasteiger partial charge in [-0.25, -0.2) is 4.79 Å². The van der Waals surface area contributed by atoms with Gasteiger partial charge in [0.1, 0.15) is 0 Å². The number of carbonyl (C=O) groups is 1. The van der Waals surface area contributed by atoms with E-state index in [1.165, 1.54) is 0 Å². The van der Waals surface area contributed by atoms with Crippen molar-refractivity contribution in [3.63, 3.8) is 0 Å². The normalized spacial score (nSPS) is 17.3. The molecule has 0 heterocycles. The first kappa shape index (κ1) is 10.1. The maximum absolute atomic E-state index is 11.8. The topological polar surface area (TPSA) is 66.8 Å². The Morgan fingerprint density at radius 2 is 1.64 bits per heavy atom. The highest BCUT2D eigenvalue weighted by Crippen LogP contribution is 2.32. The van der Waals surface area contributed by atoms with E-state index >= 15 is 0 Å². The van der Waals surface area contributed by atoms with Crippen molar-refractivity contribution in [3.05, 3.63) is 0 Å². The van der Waals surface area contributed by atoms with Gasteiger partial charge >= 0.3 is 18.0 Å². The molecule has 0 bridgehead atoms. The number of alkyl halides is 4. The Balaban J connectivity index is 4.59. The van der Waals surface area contributed by atoms with E-state index in [2.05, 4.69) is 4.89 Å². The molecule has 0 aliphatic carbocycles. The minimum absolute atomic E-state index is 2.36. The number of rotatable bonds is 1. The third-order valence-corrected chi connectivity index (χ3v) is 0.729. The molecular formula is C3H2F4O4. The summed E-state index contributed by atoms with van der Waals surface area (Å²) in [5.74, 6) is -7.99. The van der Waals surface area contributed by atoms with Crippen LogP contribution in [-0.4, -0.2) is 28.4 Å². The zero-order valence-electron chi connectivity index (χ0n) is 4.72. The van der Waals surface area contributed by atoms with E-state index in [1.807, 2.05) is 0 Å². The van der Waals surface area contributed by atoms with Crippen molar-refractivity contribution in [2.24, 2.45) is 0 Å². The fraction of sp³-hybridized carbons (Fsp3) is 0.667. The highest BCUT2D eigenvalue weighted by atomic mass is 19.4. The Kier molecular flexibility index (Phi) is 2.41. The number of hydrogen-bond donors (Lipinski definition) is 2. The summed E-state index contributed by atoms with van der Waals surface area (Å²) in [4.78, 5) is 12.0. The molecule has 0 saturated carbocycles. The Bertz CT molecular complexity index is 161. The van der Waals surface area contributed by atoms with Crippen LogP contribution in [0.2, 0.25) is 0 Å². The molecule has 66 valence electrons. The van der Waals surface area contributed by atoms with Crippen LogP contribution in [0.1, 0.15) is 0 Å². The van der Waals surface area contributed by atoms with Crippen molar-refractivity contribution >= 4 is 5.97 Å². The second-order valence-corrected chi connectivity index (χ2v) is 1.50. The smallest absolute Gasteiger partial charge is 0.346 e. The zero-order valence-corrected chi connectivity index (χ0v) is 4.72. The highest BCUT2D eigenvalue weighted by molar-refractivity contribution is 5.77. The van der Waals surface area contributed by atoms with Crippen molar-refractivity contribution in [3.8, 4) is 0 Å². The highest BCUT2D eigenvalue weighted by Gasteiger charge is 2.63. The molecule has 0 aromatic rings. The summed E-state index contributed by atoms with van der Waals surface area (Å²) in [5.41, 5.74) is 0. The van der Waals surface area contributed by atoms with Gasteiger partial charge in [-0.05, 0) is 0 Å². The fourth-order valence-corrected chi connectivity index (χ4v) is 0.176. The molecule has 1 atom stereocenters. The summed E-state index contributed by atoms with van der Waals surface area (Å²) in [6.07, 6.45) is -5.83. The molecule has 0 aliphatic rings. The van der Waals surface area contributed by atoms with Crippen LogP contribution in [0.15, 0.2) is 0 Å². The molecule has 0 aromatic heterocycles. The van der Waals surface area contributed by atoms with Crippen LogP contribution < -0.4 is 0 Å². The third kappa shape index (κ3) is 1.77. The molecule has 11 heavy (non-hydrogen) atoms. The molecule has 0 aromatic carbocycles. The summed E-state index contributed by atoms with van der Waals surface area (Å²) in [6, 6.07) is 0. The Morgan fingerprint density at radius 1 is 1.27 bits per heavy atom. The van der Waals surface area contributed by atoms with E-state index in [1.54, 1.807) is 0 Å². The lowest BCUT2D eigenvalue weighted by molar-refractivity contribution is -0.333. The van der Waals surface area contributed by atoms with Crippen LogP contribution in [0.25, 0.3) is 0 Å². The molecule has 0 saturated heterocycles. The maximum Gasteiger partial charge on any atom is 0.460 e. The minimum atomic E-state index is -5.83. The lowest BCUT2D eigenvalue weighted by Crippen LogP contribution is -2.48. The quantitative estimate of drug-likeness (QED) is 0.342. The number of carbonyl (C=O) groups excluding carboxylic acids is 1. The molecule has 0 fully saturated rings. The van der Waals surface area contributed by atoms with Crippen molar-refractivity contribution in [1.29, 1.82) is 0 Å². The minimum Gasteiger partial charge on any atom is -0.346 e. The number of hydrogen-bond acceptors (Lipinski definition) is 4. The van der Waals surface area contributed by atoms with Gasteiger partial charge in [-0.15, -0.1) is 0 Å². The zero-order chi connectivity index (χ0) is 9.28. The molecular weight excluding hydrogens is 176 g/mol. The Hall–Kier alpha value is -0.890. The molecule has 1 unspecified atom stereocenters. The van der Waals surface area contributed by atoms with Crippen molar-refractivity contribution in [2.75, 3.05) is 0 Å². The van der Waals surface area contributed by atoms with Crippen molar-refractivity contribution in [1.82, 2.24) is 0 Å². The van der Waals surface area contributed by atoms with Gasteiger partial charge in [0.05, 0.1) is 0 Å². The Labute approximate surface area is 56.9 Å². The molecule has 0 aliphatic heterocycles. The monoisotopic (exact) mass is 178 g/mol. The van der Waals surface area contributed by atoms with E-state index in [0.29, 0.717) is 0 Å². The number of halogens is 4. The van der Waals surface area contributed by atoms with Gasteiger partial charge in [0, 0.05) is 0 Å². The summed E-state index contributed by atoms with van der Waals surface area (Å²) in [7, 11) is 0. The average Bonchev–Trinajstić information content (AvgIpc) is 1.83. The lowest BCUT2D eigenvalue weighted by atomic mass is 10.3. The lowest BCUT2D eigenvalue weighted by Gasteiger charge is -2.17. The SMILES string of the molecule is O=C(OO)C(O)(F)C(F)(F)F. The molecule has 0 rings (SSSR count). The summed E-state index contributed by atoms with van der Waals surface area (Å²) in [6.45, 7) is 0. The van der Waals surface area contributed by atoms with Gasteiger partial charge in [0.25, 0.3) is 0 Å². The molecule has 8 heteroatoms. The predicted octanol–water partition coefficient (Wildman–Crippen LogP) is 0.223. The second-order valence-electron chi connectivity index (χ2n) is 1.50. The van der Waals surface area contributed by atoms with Crippen molar-refractivity contribution < 1.29 is 37.6 Å². The van der Waals surface area contributed by atoms with Gasteiger partial charge in [0.2, 0.25) is 0 Å². The van der Waals surface area contributed by atoms with Gasteiger partial charge in [-0.3, -0.25) is 4.89 Å². The van der Waals surface area contributed by atoms with Crippen LogP contribution >= 0.6 is 0 Å². The van der Waals surface area contributed by atoms with Gasteiger partial charge in [-0.2, -0.15) is 22.8 Å². The molecule has 0 amide bonds. The van der Waals surface area contributed by atoms with Crippen LogP contribution in [0.3, 0.4) is 0 Å². The van der Waals surface area contributed by atoms with Gasteiger partial charge in [-0.1, -0.05) is 0 Å². The van der Waals surface area contributed by atoms with E-state index in [9.17, 15) is 22.4 Å². The molecule has 0 spiro atoms. The fourth-order valence-electron chi connectivity index (χ4n) is 0.176. The van der Waals surface area contributed by atoms with Crippen LogP contribution in [0, 0.1) is 0 Å². The first-order valence-corrected chi connectivity index (χ1v) is 2.07. The predicted molar refractivity (Wildman–Crippen MR) is 20.8 cm³/mol. The molecule has 4 nitrogen and oxygen atoms in total. The van der Waals surface area contributed by atoms with E-state index in [-0.39, 0.29) is 0 Å². The summed E-state index contributed by atoms with van der Waals surface area (Å²) >= 11 is 0. The standard InChI is InChI=1S/C3H2F4O4/c4-2(9,1(8)11-10)3(5,6)7/h9-10H. The largest absolute Gasteiger partial charge is 0.460 e. The first-order valence-electron chi connectivity index (χ1n) is 2.07. The van der Waals surface area contributed by atoms with Crippen LogP contribution in [-0.2, 0) is 9.68 Å². The van der Waals surface area contributed by atoms with Crippen LogP contribution in [0.4, 0.5) is 17.6 Å². The third-order valence-electron chi connectivity index (χ3n) is 0.729. The average molecular weight is 178 g/mol. The van der Waals surface area contributed by atoms with Gasteiger partial charge in [0.15, 0.2) is 0 Å². The van der Waals surface area contributed by atoms with Crippen molar-refractivity contribution in [2.45, 2.75) is 12.0 Å². The summed E-state index contributed by atoms with van der Waals surface area (Å²) in [5, 5.41) is 15.0. The van der Waals surface area contributed by atoms with Crippen LogP contribution in [0.5, 0.6) is 0 Å². The molecule has 2 N–H and O–H groups in total. The molecule has 0 radical (unpaired) electrons. The summed E-state index contributed by atoms with van der Waals surface area (Å²) < 4.78 is 45.5. The first-order chi connectivity index (χ1) is 4.73. The van der Waals surface area contributed by atoms with E-state index in [0.717, 1.165) is 0 Å². The van der Waals surface area contributed by atoms with E-state index in [4.69, 9.17) is 10.4 Å². The van der Waals surface area contributed by atoms with E-state index < -0.39 is 18.0 Å². The second kappa shape index (κ2) is 2.62. The maximum atomic E-state index is 11.8. The van der Waals surface area contributed by atoms with Gasteiger partial charge < -0.3 is 5.11 Å². The number of aliphatic hydroxyl groups is 1. The Morgan fingerprint density at radius 3 is 1.73 bits per heavy atom.